The highest BCUT2D eigenvalue weighted by molar-refractivity contribution is 5.69. The fourth-order valence-corrected chi connectivity index (χ4v) is 2.40. The number of likely N-dealkylation sites (tertiary alicyclic amines) is 1. The topological polar surface area (TPSA) is 29.5 Å². The predicted molar refractivity (Wildman–Crippen MR) is 71.2 cm³/mol. The Morgan fingerprint density at radius 3 is 2.39 bits per heavy atom. The first-order valence-electron chi connectivity index (χ1n) is 6.65. The summed E-state index contributed by atoms with van der Waals surface area (Å²) in [4.78, 5) is 13.6. The summed E-state index contributed by atoms with van der Waals surface area (Å²) in [6, 6.07) is 9.78. The molecule has 2 rings (SSSR count). The standard InChI is InChI=1S/C15H21NO2/c1-3-15(4-2)11-16(12-15)14(17)18-10-13-8-6-5-7-9-13/h5-9H,3-4,10-12H2,1-2H3. The quantitative estimate of drug-likeness (QED) is 0.815. The highest BCUT2D eigenvalue weighted by atomic mass is 16.6. The molecule has 3 heteroatoms. The van der Waals surface area contributed by atoms with Gasteiger partial charge in [0.25, 0.3) is 0 Å². The molecule has 98 valence electrons. The van der Waals surface area contributed by atoms with E-state index in [1.165, 1.54) is 0 Å². The van der Waals surface area contributed by atoms with E-state index in [1.54, 1.807) is 4.90 Å². The molecule has 0 radical (unpaired) electrons. The lowest BCUT2D eigenvalue weighted by Crippen LogP contribution is -2.57. The number of carbonyl (C=O) groups excluding carboxylic acids is 1. The molecule has 3 nitrogen and oxygen atoms in total. The fraction of sp³-hybridized carbons (Fsp3) is 0.533. The van der Waals surface area contributed by atoms with Gasteiger partial charge in [0.1, 0.15) is 6.61 Å². The van der Waals surface area contributed by atoms with Crippen LogP contribution in [0.3, 0.4) is 0 Å². The first kappa shape index (κ1) is 12.9. The molecule has 0 aliphatic carbocycles. The van der Waals surface area contributed by atoms with Crippen molar-refractivity contribution in [1.82, 2.24) is 4.90 Å². The number of amides is 1. The smallest absolute Gasteiger partial charge is 0.410 e. The van der Waals surface area contributed by atoms with Crippen LogP contribution in [0.25, 0.3) is 0 Å². The van der Waals surface area contributed by atoms with Gasteiger partial charge in [-0.2, -0.15) is 0 Å². The zero-order chi connectivity index (χ0) is 13.0. The average Bonchev–Trinajstić information content (AvgIpc) is 2.37. The van der Waals surface area contributed by atoms with E-state index in [9.17, 15) is 4.79 Å². The Hall–Kier alpha value is -1.51. The minimum Gasteiger partial charge on any atom is -0.445 e. The number of nitrogens with zero attached hydrogens (tertiary/aromatic N) is 1. The largest absolute Gasteiger partial charge is 0.445 e. The van der Waals surface area contributed by atoms with Crippen molar-refractivity contribution in [2.24, 2.45) is 5.41 Å². The van der Waals surface area contributed by atoms with Crippen molar-refractivity contribution in [3.05, 3.63) is 35.9 Å². The molecule has 1 aromatic rings. The molecular weight excluding hydrogens is 226 g/mol. The van der Waals surface area contributed by atoms with Crippen molar-refractivity contribution in [2.45, 2.75) is 33.3 Å². The van der Waals surface area contributed by atoms with Gasteiger partial charge in [0, 0.05) is 18.5 Å². The van der Waals surface area contributed by atoms with Crippen molar-refractivity contribution in [3.8, 4) is 0 Å². The Morgan fingerprint density at radius 2 is 1.83 bits per heavy atom. The Balaban J connectivity index is 1.78. The normalized spacial score (nSPS) is 17.1. The number of ether oxygens (including phenoxy) is 1. The summed E-state index contributed by atoms with van der Waals surface area (Å²) in [6.07, 6.45) is 2.08. The van der Waals surface area contributed by atoms with Gasteiger partial charge in [-0.05, 0) is 18.4 Å². The molecule has 1 heterocycles. The highest BCUT2D eigenvalue weighted by Gasteiger charge is 2.42. The van der Waals surface area contributed by atoms with E-state index in [2.05, 4.69) is 13.8 Å². The van der Waals surface area contributed by atoms with E-state index in [1.807, 2.05) is 30.3 Å². The van der Waals surface area contributed by atoms with Crippen LogP contribution in [0.15, 0.2) is 30.3 Å². The number of carbonyl (C=O) groups is 1. The van der Waals surface area contributed by atoms with Gasteiger partial charge in [0.2, 0.25) is 0 Å². The summed E-state index contributed by atoms with van der Waals surface area (Å²) >= 11 is 0. The van der Waals surface area contributed by atoms with Crippen LogP contribution in [0, 0.1) is 5.41 Å². The predicted octanol–water partition coefficient (Wildman–Crippen LogP) is 3.45. The first-order chi connectivity index (χ1) is 8.69. The van der Waals surface area contributed by atoms with E-state index in [0.717, 1.165) is 31.5 Å². The molecule has 18 heavy (non-hydrogen) atoms. The number of benzene rings is 1. The molecule has 1 aliphatic heterocycles. The molecule has 0 aromatic heterocycles. The first-order valence-corrected chi connectivity index (χ1v) is 6.65. The minimum absolute atomic E-state index is 0.184. The van der Waals surface area contributed by atoms with Crippen molar-refractivity contribution in [3.63, 3.8) is 0 Å². The molecule has 1 saturated heterocycles. The fourth-order valence-electron chi connectivity index (χ4n) is 2.40. The van der Waals surface area contributed by atoms with Crippen molar-refractivity contribution < 1.29 is 9.53 Å². The van der Waals surface area contributed by atoms with Crippen LogP contribution in [0.5, 0.6) is 0 Å². The van der Waals surface area contributed by atoms with Gasteiger partial charge < -0.3 is 9.64 Å². The van der Waals surface area contributed by atoms with E-state index in [0.29, 0.717) is 12.0 Å². The van der Waals surface area contributed by atoms with Gasteiger partial charge in [-0.3, -0.25) is 0 Å². The SMILES string of the molecule is CCC1(CC)CN(C(=O)OCc2ccccc2)C1. The van der Waals surface area contributed by atoms with Crippen LogP contribution in [0.4, 0.5) is 4.79 Å². The summed E-state index contributed by atoms with van der Waals surface area (Å²) in [7, 11) is 0. The van der Waals surface area contributed by atoms with E-state index < -0.39 is 0 Å². The van der Waals surface area contributed by atoms with Crippen molar-refractivity contribution in [1.29, 1.82) is 0 Å². The molecule has 0 spiro atoms. The van der Waals surface area contributed by atoms with Gasteiger partial charge in [0.05, 0.1) is 0 Å². The molecule has 0 N–H and O–H groups in total. The van der Waals surface area contributed by atoms with Crippen LogP contribution < -0.4 is 0 Å². The van der Waals surface area contributed by atoms with E-state index in [4.69, 9.17) is 4.74 Å². The van der Waals surface area contributed by atoms with Crippen LogP contribution in [-0.4, -0.2) is 24.1 Å². The van der Waals surface area contributed by atoms with E-state index >= 15 is 0 Å². The van der Waals surface area contributed by atoms with Gasteiger partial charge in [0.15, 0.2) is 0 Å². The lowest BCUT2D eigenvalue weighted by Gasteiger charge is -2.48. The maximum absolute atomic E-state index is 11.8. The van der Waals surface area contributed by atoms with Gasteiger partial charge in [-0.1, -0.05) is 44.2 Å². The Kier molecular flexibility index (Phi) is 3.90. The second-order valence-corrected chi connectivity index (χ2v) is 5.10. The third kappa shape index (κ3) is 2.66. The second-order valence-electron chi connectivity index (χ2n) is 5.10. The summed E-state index contributed by atoms with van der Waals surface area (Å²) in [5.41, 5.74) is 1.37. The second kappa shape index (κ2) is 5.42. The number of hydrogen-bond donors (Lipinski definition) is 0. The molecule has 0 unspecified atom stereocenters. The van der Waals surface area contributed by atoms with Crippen LogP contribution in [0.2, 0.25) is 0 Å². The maximum atomic E-state index is 11.8. The molecule has 1 amide bonds. The van der Waals surface area contributed by atoms with Crippen molar-refractivity contribution >= 4 is 6.09 Å². The van der Waals surface area contributed by atoms with Crippen LogP contribution in [0.1, 0.15) is 32.3 Å². The highest BCUT2D eigenvalue weighted by Crippen LogP contribution is 2.37. The summed E-state index contributed by atoms with van der Waals surface area (Å²) in [6.45, 7) is 6.43. The molecule has 1 aromatic carbocycles. The number of rotatable bonds is 4. The van der Waals surface area contributed by atoms with Gasteiger partial charge >= 0.3 is 6.09 Å². The Morgan fingerprint density at radius 1 is 1.22 bits per heavy atom. The maximum Gasteiger partial charge on any atom is 0.410 e. The van der Waals surface area contributed by atoms with Gasteiger partial charge in [-0.25, -0.2) is 4.79 Å². The monoisotopic (exact) mass is 247 g/mol. The Labute approximate surface area is 109 Å². The van der Waals surface area contributed by atoms with Gasteiger partial charge in [-0.15, -0.1) is 0 Å². The molecule has 0 saturated carbocycles. The van der Waals surface area contributed by atoms with E-state index in [-0.39, 0.29) is 6.09 Å². The third-order valence-corrected chi connectivity index (χ3v) is 4.02. The van der Waals surface area contributed by atoms with Crippen LogP contribution >= 0.6 is 0 Å². The zero-order valence-electron chi connectivity index (χ0n) is 11.2. The zero-order valence-corrected chi connectivity index (χ0v) is 11.2. The minimum atomic E-state index is -0.184. The molecular formula is C15H21NO2. The third-order valence-electron chi connectivity index (χ3n) is 4.02. The summed E-state index contributed by atoms with van der Waals surface area (Å²) < 4.78 is 5.30. The average molecular weight is 247 g/mol. The van der Waals surface area contributed by atoms with Crippen LogP contribution in [-0.2, 0) is 11.3 Å². The Bertz CT molecular complexity index is 390. The molecule has 0 bridgehead atoms. The summed E-state index contributed by atoms with van der Waals surface area (Å²) in [5, 5.41) is 0. The number of hydrogen-bond acceptors (Lipinski definition) is 2. The molecule has 1 fully saturated rings. The lowest BCUT2D eigenvalue weighted by atomic mass is 9.75. The summed E-state index contributed by atoms with van der Waals surface area (Å²) in [5.74, 6) is 0. The molecule has 0 atom stereocenters. The lowest BCUT2D eigenvalue weighted by molar-refractivity contribution is -0.0106. The molecule has 1 aliphatic rings. The van der Waals surface area contributed by atoms with Crippen molar-refractivity contribution in [2.75, 3.05) is 13.1 Å².